The molecule has 2 heterocycles. The Morgan fingerprint density at radius 1 is 1.10 bits per heavy atom. The smallest absolute Gasteiger partial charge is 0.231 e. The van der Waals surface area contributed by atoms with Crippen LogP contribution in [0.3, 0.4) is 0 Å². The van der Waals surface area contributed by atoms with Gasteiger partial charge >= 0.3 is 0 Å². The van der Waals surface area contributed by atoms with Crippen LogP contribution in [0.25, 0.3) is 0 Å². The third kappa shape index (κ3) is 2.85. The number of nitrogens with one attached hydrogen (secondary N) is 1. The van der Waals surface area contributed by atoms with Crippen molar-refractivity contribution >= 4 is 27.3 Å². The van der Waals surface area contributed by atoms with E-state index in [1.165, 1.54) is 10.4 Å². The van der Waals surface area contributed by atoms with Gasteiger partial charge in [-0.3, -0.25) is 0 Å². The maximum atomic E-state index is 5.43. The second kappa shape index (κ2) is 5.76. The average Bonchev–Trinajstić information content (AvgIpc) is 3.05. The fraction of sp³-hybridized carbons (Fsp3) is 0.333. The number of halogens is 1. The molecule has 0 saturated carbocycles. The van der Waals surface area contributed by atoms with E-state index in [0.717, 1.165) is 15.3 Å². The molecule has 0 amide bonds. The Kier molecular flexibility index (Phi) is 4.01. The maximum Gasteiger partial charge on any atom is 0.231 e. The van der Waals surface area contributed by atoms with Gasteiger partial charge in [-0.25, -0.2) is 0 Å². The molecule has 1 aliphatic rings. The van der Waals surface area contributed by atoms with Crippen molar-refractivity contribution in [1.29, 1.82) is 0 Å². The molecule has 3 nitrogen and oxygen atoms in total. The highest BCUT2D eigenvalue weighted by Crippen LogP contribution is 2.35. The van der Waals surface area contributed by atoms with Crippen LogP contribution >= 0.6 is 27.3 Å². The fourth-order valence-corrected chi connectivity index (χ4v) is 3.73. The third-order valence-corrected chi connectivity index (χ3v) is 5.22. The number of thiophene rings is 1. The number of fused-ring (bicyclic) bond motifs is 1. The van der Waals surface area contributed by atoms with E-state index in [2.05, 4.69) is 59.4 Å². The van der Waals surface area contributed by atoms with Gasteiger partial charge in [0.15, 0.2) is 11.5 Å². The summed E-state index contributed by atoms with van der Waals surface area (Å²) < 4.78 is 11.9. The molecule has 1 aliphatic heterocycles. The lowest BCUT2D eigenvalue weighted by Gasteiger charge is -2.19. The van der Waals surface area contributed by atoms with Crippen molar-refractivity contribution in [1.82, 2.24) is 5.32 Å². The Bertz CT molecular complexity index is 614. The van der Waals surface area contributed by atoms with E-state index in [1.54, 1.807) is 11.3 Å². The molecular weight excluding hydrogens is 338 g/mol. The van der Waals surface area contributed by atoms with Crippen molar-refractivity contribution in [3.8, 4) is 11.5 Å². The number of rotatable bonds is 4. The fourth-order valence-electron chi connectivity index (χ4n) is 2.30. The van der Waals surface area contributed by atoms with E-state index in [1.807, 2.05) is 6.07 Å². The molecule has 0 spiro atoms. The Hall–Kier alpha value is -1.04. The standard InChI is InChI=1S/C15H16BrNO2S/c1-9(17-10(2)14-5-6-15(16)20-14)11-3-4-12-13(7-11)19-8-18-12/h3-7,9-10,17H,8H2,1-2H3. The van der Waals surface area contributed by atoms with Gasteiger partial charge in [0.05, 0.1) is 3.79 Å². The lowest BCUT2D eigenvalue weighted by Crippen LogP contribution is -2.21. The number of benzene rings is 1. The van der Waals surface area contributed by atoms with Crippen LogP contribution in [-0.4, -0.2) is 6.79 Å². The van der Waals surface area contributed by atoms with E-state index < -0.39 is 0 Å². The first kappa shape index (κ1) is 13.9. The van der Waals surface area contributed by atoms with Crippen LogP contribution in [0.1, 0.15) is 36.4 Å². The van der Waals surface area contributed by atoms with Gasteiger partial charge in [-0.1, -0.05) is 6.07 Å². The second-order valence-electron chi connectivity index (χ2n) is 4.86. The Balaban J connectivity index is 1.71. The van der Waals surface area contributed by atoms with Crippen LogP contribution in [0.4, 0.5) is 0 Å². The largest absolute Gasteiger partial charge is 0.454 e. The highest BCUT2D eigenvalue weighted by atomic mass is 79.9. The van der Waals surface area contributed by atoms with Crippen LogP contribution < -0.4 is 14.8 Å². The number of hydrogen-bond acceptors (Lipinski definition) is 4. The first-order valence-corrected chi connectivity index (χ1v) is 8.15. The van der Waals surface area contributed by atoms with Gasteiger partial charge in [-0.2, -0.15) is 0 Å². The zero-order chi connectivity index (χ0) is 14.1. The van der Waals surface area contributed by atoms with E-state index in [4.69, 9.17) is 9.47 Å². The van der Waals surface area contributed by atoms with Gasteiger partial charge in [0, 0.05) is 17.0 Å². The first-order chi connectivity index (χ1) is 9.63. The minimum Gasteiger partial charge on any atom is -0.454 e. The summed E-state index contributed by atoms with van der Waals surface area (Å²) in [6.07, 6.45) is 0. The summed E-state index contributed by atoms with van der Waals surface area (Å²) in [5, 5.41) is 3.61. The lowest BCUT2D eigenvalue weighted by atomic mass is 10.1. The average molecular weight is 354 g/mol. The molecule has 2 aromatic rings. The molecule has 3 rings (SSSR count). The van der Waals surface area contributed by atoms with Crippen LogP contribution in [0.15, 0.2) is 34.1 Å². The highest BCUT2D eigenvalue weighted by molar-refractivity contribution is 9.11. The van der Waals surface area contributed by atoms with Crippen molar-refractivity contribution in [2.75, 3.05) is 6.79 Å². The summed E-state index contributed by atoms with van der Waals surface area (Å²) in [6.45, 7) is 4.67. The van der Waals surface area contributed by atoms with Crippen molar-refractivity contribution < 1.29 is 9.47 Å². The second-order valence-corrected chi connectivity index (χ2v) is 7.36. The molecule has 1 aromatic carbocycles. The number of hydrogen-bond donors (Lipinski definition) is 1. The summed E-state index contributed by atoms with van der Waals surface area (Å²) in [5.74, 6) is 1.67. The summed E-state index contributed by atoms with van der Waals surface area (Å²) in [5.41, 5.74) is 1.21. The molecule has 0 aliphatic carbocycles. The predicted octanol–water partition coefficient (Wildman–Crippen LogP) is 4.65. The summed E-state index contributed by atoms with van der Waals surface area (Å²) >= 11 is 5.27. The van der Waals surface area contributed by atoms with Crippen LogP contribution in [0, 0.1) is 0 Å². The van der Waals surface area contributed by atoms with Gasteiger partial charge in [0.25, 0.3) is 0 Å². The van der Waals surface area contributed by atoms with Gasteiger partial charge in [-0.15, -0.1) is 11.3 Å². The zero-order valence-corrected chi connectivity index (χ0v) is 13.8. The van der Waals surface area contributed by atoms with Crippen LogP contribution in [-0.2, 0) is 0 Å². The minimum atomic E-state index is 0.250. The normalized spacial score (nSPS) is 16.1. The van der Waals surface area contributed by atoms with Crippen molar-refractivity contribution in [3.05, 3.63) is 44.6 Å². The topological polar surface area (TPSA) is 30.5 Å². The van der Waals surface area contributed by atoms with Gasteiger partial charge < -0.3 is 14.8 Å². The van der Waals surface area contributed by atoms with Crippen LogP contribution in [0.2, 0.25) is 0 Å². The molecule has 0 saturated heterocycles. The Morgan fingerprint density at radius 3 is 2.65 bits per heavy atom. The molecule has 2 atom stereocenters. The monoisotopic (exact) mass is 353 g/mol. The highest BCUT2D eigenvalue weighted by Gasteiger charge is 2.17. The Labute approximate surface area is 131 Å². The molecule has 0 fully saturated rings. The van der Waals surface area contributed by atoms with E-state index in [9.17, 15) is 0 Å². The maximum absolute atomic E-state index is 5.43. The molecular formula is C15H16BrNO2S. The lowest BCUT2D eigenvalue weighted by molar-refractivity contribution is 0.174. The molecule has 106 valence electrons. The van der Waals surface area contributed by atoms with Crippen LogP contribution in [0.5, 0.6) is 11.5 Å². The van der Waals surface area contributed by atoms with E-state index in [-0.39, 0.29) is 6.04 Å². The van der Waals surface area contributed by atoms with Crippen molar-refractivity contribution in [3.63, 3.8) is 0 Å². The summed E-state index contributed by atoms with van der Waals surface area (Å²) in [7, 11) is 0. The molecule has 0 bridgehead atoms. The minimum absolute atomic E-state index is 0.250. The van der Waals surface area contributed by atoms with E-state index >= 15 is 0 Å². The zero-order valence-electron chi connectivity index (χ0n) is 11.4. The third-order valence-electron chi connectivity index (χ3n) is 3.42. The molecule has 5 heteroatoms. The predicted molar refractivity (Wildman–Crippen MR) is 84.5 cm³/mol. The van der Waals surface area contributed by atoms with Crippen molar-refractivity contribution in [2.24, 2.45) is 0 Å². The number of ether oxygens (including phenoxy) is 2. The molecule has 0 radical (unpaired) electrons. The molecule has 1 N–H and O–H groups in total. The summed E-state index contributed by atoms with van der Waals surface area (Å²) in [4.78, 5) is 1.32. The first-order valence-electron chi connectivity index (χ1n) is 6.54. The Morgan fingerprint density at radius 2 is 1.90 bits per heavy atom. The van der Waals surface area contributed by atoms with Gasteiger partial charge in [0.1, 0.15) is 0 Å². The SMILES string of the molecule is CC(NC(C)c1ccc(Br)s1)c1ccc2c(c1)OCO2. The van der Waals surface area contributed by atoms with Gasteiger partial charge in [-0.05, 0) is 59.6 Å². The molecule has 1 aromatic heterocycles. The van der Waals surface area contributed by atoms with E-state index in [0.29, 0.717) is 12.8 Å². The quantitative estimate of drug-likeness (QED) is 0.867. The summed E-state index contributed by atoms with van der Waals surface area (Å²) in [6, 6.07) is 10.9. The van der Waals surface area contributed by atoms with Gasteiger partial charge in [0.2, 0.25) is 6.79 Å². The molecule has 20 heavy (non-hydrogen) atoms. The van der Waals surface area contributed by atoms with Crippen molar-refractivity contribution in [2.45, 2.75) is 25.9 Å². The molecule has 2 unspecified atom stereocenters.